The number of ether oxygens (including phenoxy) is 2. The maximum absolute atomic E-state index is 12.6. The molecule has 0 bridgehead atoms. The average Bonchev–Trinajstić information content (AvgIpc) is 3.17. The highest BCUT2D eigenvalue weighted by atomic mass is 31.2. The van der Waals surface area contributed by atoms with E-state index in [0.29, 0.717) is 12.8 Å². The minimum atomic E-state index is -4.38. The van der Waals surface area contributed by atoms with Gasteiger partial charge in [0.1, 0.15) is 6.61 Å². The van der Waals surface area contributed by atoms with E-state index in [2.05, 4.69) is 74.6 Å². The van der Waals surface area contributed by atoms with E-state index in [4.69, 9.17) is 24.3 Å². The van der Waals surface area contributed by atoms with Crippen LogP contribution in [0.1, 0.15) is 181 Å². The van der Waals surface area contributed by atoms with Gasteiger partial charge in [-0.2, -0.15) is 0 Å². The standard InChI is InChI=1S/C45H80NO8P/c1-3-5-7-9-11-13-15-17-19-20-21-22-24-25-27-29-31-33-35-37-44(47)51-41-43(42-53-55(49,50)52-40-39-46)54-45(48)38-36-34-32-30-28-26-23-18-16-14-12-10-8-6-4-2/h5,7,11,13,17,19,21-22,25,27,43H,3-4,6,8-10,12,14-16,18,20,23-24,26,28-42,46H2,1-2H3,(H,49,50). The topological polar surface area (TPSA) is 134 Å². The lowest BCUT2D eigenvalue weighted by molar-refractivity contribution is -0.161. The largest absolute Gasteiger partial charge is 0.472 e. The molecule has 2 atom stereocenters. The van der Waals surface area contributed by atoms with E-state index in [1.807, 2.05) is 0 Å². The summed E-state index contributed by atoms with van der Waals surface area (Å²) in [5.74, 6) is -0.866. The lowest BCUT2D eigenvalue weighted by Crippen LogP contribution is -2.29. The van der Waals surface area contributed by atoms with Crippen molar-refractivity contribution in [3.8, 4) is 0 Å². The normalized spacial score (nSPS) is 13.9. The van der Waals surface area contributed by atoms with Crippen molar-refractivity contribution < 1.29 is 37.6 Å². The van der Waals surface area contributed by atoms with Crippen LogP contribution >= 0.6 is 7.82 Å². The Morgan fingerprint density at radius 1 is 0.564 bits per heavy atom. The molecule has 0 aromatic carbocycles. The fourth-order valence-corrected chi connectivity index (χ4v) is 6.48. The van der Waals surface area contributed by atoms with Gasteiger partial charge in [0.2, 0.25) is 0 Å². The van der Waals surface area contributed by atoms with E-state index in [0.717, 1.165) is 70.6 Å². The van der Waals surface area contributed by atoms with Crippen molar-refractivity contribution in [2.24, 2.45) is 5.73 Å². The van der Waals surface area contributed by atoms with Crippen LogP contribution in [0.3, 0.4) is 0 Å². The molecule has 0 amide bonds. The van der Waals surface area contributed by atoms with Gasteiger partial charge in [-0.15, -0.1) is 0 Å². The molecule has 2 unspecified atom stereocenters. The van der Waals surface area contributed by atoms with Crippen molar-refractivity contribution in [1.29, 1.82) is 0 Å². The summed E-state index contributed by atoms with van der Waals surface area (Å²) in [6.45, 7) is 3.58. The van der Waals surface area contributed by atoms with Gasteiger partial charge < -0.3 is 20.1 Å². The van der Waals surface area contributed by atoms with Gasteiger partial charge in [0.15, 0.2) is 6.10 Å². The molecule has 0 saturated heterocycles. The smallest absolute Gasteiger partial charge is 0.462 e. The summed E-state index contributed by atoms with van der Waals surface area (Å²) in [7, 11) is -4.38. The summed E-state index contributed by atoms with van der Waals surface area (Å²) in [4.78, 5) is 34.9. The number of carbonyl (C=O) groups excluding carboxylic acids is 2. The summed E-state index contributed by atoms with van der Waals surface area (Å²) in [5.41, 5.74) is 5.34. The number of phosphoric acid groups is 1. The predicted octanol–water partition coefficient (Wildman–Crippen LogP) is 12.5. The van der Waals surface area contributed by atoms with Crippen LogP contribution in [-0.2, 0) is 32.7 Å². The van der Waals surface area contributed by atoms with Crippen LogP contribution in [0, 0.1) is 0 Å². The third-order valence-electron chi connectivity index (χ3n) is 8.92. The van der Waals surface area contributed by atoms with Crippen molar-refractivity contribution in [1.82, 2.24) is 0 Å². The molecular formula is C45H80NO8P. The van der Waals surface area contributed by atoms with Gasteiger partial charge in [0.25, 0.3) is 0 Å². The fourth-order valence-electron chi connectivity index (χ4n) is 5.72. The van der Waals surface area contributed by atoms with E-state index >= 15 is 0 Å². The first kappa shape index (κ1) is 52.7. The number of rotatable bonds is 40. The zero-order valence-electron chi connectivity index (χ0n) is 34.9. The monoisotopic (exact) mass is 794 g/mol. The molecule has 10 heteroatoms. The predicted molar refractivity (Wildman–Crippen MR) is 229 cm³/mol. The number of hydrogen-bond donors (Lipinski definition) is 2. The zero-order valence-corrected chi connectivity index (χ0v) is 35.8. The van der Waals surface area contributed by atoms with Crippen LogP contribution in [0.25, 0.3) is 0 Å². The van der Waals surface area contributed by atoms with E-state index in [-0.39, 0.29) is 32.6 Å². The Kier molecular flexibility index (Phi) is 39.6. The van der Waals surface area contributed by atoms with Crippen LogP contribution in [-0.4, -0.2) is 49.3 Å². The maximum Gasteiger partial charge on any atom is 0.472 e. The highest BCUT2D eigenvalue weighted by molar-refractivity contribution is 7.47. The quantitative estimate of drug-likeness (QED) is 0.0269. The third-order valence-corrected chi connectivity index (χ3v) is 9.90. The van der Waals surface area contributed by atoms with E-state index < -0.39 is 32.5 Å². The highest BCUT2D eigenvalue weighted by Gasteiger charge is 2.26. The van der Waals surface area contributed by atoms with Gasteiger partial charge in [-0.1, -0.05) is 171 Å². The number of allylic oxidation sites excluding steroid dienone is 10. The molecule has 3 N–H and O–H groups in total. The highest BCUT2D eigenvalue weighted by Crippen LogP contribution is 2.43. The number of carbonyl (C=O) groups is 2. The first-order valence-electron chi connectivity index (χ1n) is 21.8. The maximum atomic E-state index is 12.6. The van der Waals surface area contributed by atoms with E-state index in [9.17, 15) is 19.0 Å². The first-order chi connectivity index (χ1) is 26.8. The van der Waals surface area contributed by atoms with Crippen molar-refractivity contribution in [2.45, 2.75) is 187 Å². The van der Waals surface area contributed by atoms with Crippen LogP contribution in [0.2, 0.25) is 0 Å². The van der Waals surface area contributed by atoms with Crippen LogP contribution in [0.15, 0.2) is 60.8 Å². The molecule has 9 nitrogen and oxygen atoms in total. The summed E-state index contributed by atoms with van der Waals surface area (Å²) in [5, 5.41) is 0. The first-order valence-corrected chi connectivity index (χ1v) is 23.3. The summed E-state index contributed by atoms with van der Waals surface area (Å²) < 4.78 is 32.8. The molecule has 0 aromatic heterocycles. The second-order valence-corrected chi connectivity index (χ2v) is 15.6. The lowest BCUT2D eigenvalue weighted by atomic mass is 10.0. The van der Waals surface area contributed by atoms with Crippen LogP contribution in [0.5, 0.6) is 0 Å². The SMILES string of the molecule is CCC=CCC=CCC=CCC=CCC=CCCCCCC(=O)OCC(COP(=O)(O)OCCN)OC(=O)CCCCCCCCCCCCCCCCC. The van der Waals surface area contributed by atoms with Gasteiger partial charge >= 0.3 is 19.8 Å². The molecule has 0 radical (unpaired) electrons. The number of nitrogens with two attached hydrogens (primary N) is 1. The van der Waals surface area contributed by atoms with Crippen molar-refractivity contribution in [2.75, 3.05) is 26.4 Å². The summed E-state index contributed by atoms with van der Waals surface area (Å²) in [6, 6.07) is 0. The Labute approximate surface area is 336 Å². The van der Waals surface area contributed by atoms with Gasteiger partial charge in [0.05, 0.1) is 13.2 Å². The average molecular weight is 794 g/mol. The van der Waals surface area contributed by atoms with E-state index in [1.54, 1.807) is 0 Å². The lowest BCUT2D eigenvalue weighted by Gasteiger charge is -2.19. The number of unbranched alkanes of at least 4 members (excludes halogenated alkanes) is 17. The Bertz CT molecular complexity index is 1090. The molecule has 0 heterocycles. The third kappa shape index (κ3) is 41.2. The molecule has 0 aromatic rings. The molecule has 0 aliphatic carbocycles. The van der Waals surface area contributed by atoms with Crippen molar-refractivity contribution >= 4 is 19.8 Å². The zero-order chi connectivity index (χ0) is 40.3. The minimum absolute atomic E-state index is 0.0471. The number of hydrogen-bond acceptors (Lipinski definition) is 8. The van der Waals surface area contributed by atoms with Crippen molar-refractivity contribution in [3.63, 3.8) is 0 Å². The molecule has 55 heavy (non-hydrogen) atoms. The number of esters is 2. The molecule has 0 rings (SSSR count). The molecule has 0 spiro atoms. The Hall–Kier alpha value is -2.29. The van der Waals surface area contributed by atoms with E-state index in [1.165, 1.54) is 70.6 Å². The molecule has 0 saturated carbocycles. The molecular weight excluding hydrogens is 713 g/mol. The Morgan fingerprint density at radius 3 is 1.49 bits per heavy atom. The fraction of sp³-hybridized carbons (Fsp3) is 0.733. The molecule has 0 fully saturated rings. The number of phosphoric ester groups is 1. The van der Waals surface area contributed by atoms with Gasteiger partial charge in [0, 0.05) is 19.4 Å². The van der Waals surface area contributed by atoms with Crippen LogP contribution < -0.4 is 5.73 Å². The Balaban J connectivity index is 4.21. The molecule has 0 aliphatic rings. The van der Waals surface area contributed by atoms with Crippen LogP contribution in [0.4, 0.5) is 0 Å². The Morgan fingerprint density at radius 2 is 1.00 bits per heavy atom. The van der Waals surface area contributed by atoms with Gasteiger partial charge in [-0.25, -0.2) is 4.57 Å². The summed E-state index contributed by atoms with van der Waals surface area (Å²) in [6.07, 6.45) is 48.2. The molecule has 318 valence electrons. The molecule has 0 aliphatic heterocycles. The van der Waals surface area contributed by atoms with Gasteiger partial charge in [-0.3, -0.25) is 18.6 Å². The van der Waals surface area contributed by atoms with Crippen molar-refractivity contribution in [3.05, 3.63) is 60.8 Å². The van der Waals surface area contributed by atoms with Gasteiger partial charge in [-0.05, 0) is 57.8 Å². The second-order valence-electron chi connectivity index (χ2n) is 14.2. The minimum Gasteiger partial charge on any atom is -0.462 e. The second kappa shape index (κ2) is 41.3. The summed E-state index contributed by atoms with van der Waals surface area (Å²) >= 11 is 0.